The molecule has 0 aromatic rings. The van der Waals surface area contributed by atoms with Crippen LogP contribution in [0.2, 0.25) is 0 Å². The first-order valence-electron chi connectivity index (χ1n) is 22.0. The Morgan fingerprint density at radius 3 is 1.25 bits per heavy atom. The molecule has 0 radical (unpaired) electrons. The lowest BCUT2D eigenvalue weighted by molar-refractivity contribution is -0.147. The summed E-state index contributed by atoms with van der Waals surface area (Å²) in [4.78, 5) is 33.7. The molecule has 10 heteroatoms. The maximum atomic E-state index is 12.0. The van der Waals surface area contributed by atoms with E-state index in [1.54, 1.807) is 0 Å². The number of phosphoric ester groups is 1. The van der Waals surface area contributed by atoms with Crippen molar-refractivity contribution in [3.8, 4) is 0 Å². The van der Waals surface area contributed by atoms with E-state index in [9.17, 15) is 24.2 Å². The fourth-order valence-corrected chi connectivity index (χ4v) is 7.20. The monoisotopic (exact) mass is 762 g/mol. The number of esters is 1. The van der Waals surface area contributed by atoms with Crippen molar-refractivity contribution >= 4 is 19.7 Å². The average molecular weight is 762 g/mol. The average Bonchev–Trinajstić information content (AvgIpc) is 3.13. The van der Waals surface area contributed by atoms with Gasteiger partial charge in [-0.2, -0.15) is 0 Å². The molecule has 0 rings (SSSR count). The van der Waals surface area contributed by atoms with Gasteiger partial charge in [0.25, 0.3) is 0 Å². The fourth-order valence-electron chi connectivity index (χ4n) is 6.44. The summed E-state index contributed by atoms with van der Waals surface area (Å²) in [7, 11) is -4.40. The predicted octanol–water partition coefficient (Wildman–Crippen LogP) is 12.1. The van der Waals surface area contributed by atoms with Gasteiger partial charge in [0.2, 0.25) is 5.91 Å². The quantitative estimate of drug-likeness (QED) is 0.0318. The summed E-state index contributed by atoms with van der Waals surface area (Å²) in [6.45, 7) is 3.56. The van der Waals surface area contributed by atoms with Gasteiger partial charge in [0.1, 0.15) is 12.7 Å². The summed E-state index contributed by atoms with van der Waals surface area (Å²) in [5, 5.41) is 12.7. The number of hydrogen-bond donors (Lipinski definition) is 3. The van der Waals surface area contributed by atoms with E-state index < -0.39 is 26.5 Å². The zero-order chi connectivity index (χ0) is 38.2. The van der Waals surface area contributed by atoms with Crippen molar-refractivity contribution < 1.29 is 37.9 Å². The van der Waals surface area contributed by atoms with Crippen LogP contribution >= 0.6 is 7.82 Å². The smallest absolute Gasteiger partial charge is 0.463 e. The number of amides is 1. The van der Waals surface area contributed by atoms with E-state index in [1.807, 2.05) is 0 Å². The van der Waals surface area contributed by atoms with Gasteiger partial charge in [-0.15, -0.1) is 0 Å². The number of nitrogens with one attached hydrogen (secondary N) is 1. The van der Waals surface area contributed by atoms with E-state index in [-0.39, 0.29) is 25.7 Å². The third kappa shape index (κ3) is 40.2. The second-order valence-corrected chi connectivity index (χ2v) is 16.5. The van der Waals surface area contributed by atoms with E-state index >= 15 is 0 Å². The normalized spacial score (nSPS) is 13.2. The number of aliphatic hydroxyl groups excluding tert-OH is 1. The Hall–Kier alpha value is -0.990. The molecule has 2 unspecified atom stereocenters. The van der Waals surface area contributed by atoms with Crippen LogP contribution in [0.1, 0.15) is 226 Å². The predicted molar refractivity (Wildman–Crippen MR) is 215 cm³/mol. The van der Waals surface area contributed by atoms with Crippen molar-refractivity contribution in [2.75, 3.05) is 26.4 Å². The second kappa shape index (κ2) is 39.7. The number of carbonyl (C=O) groups is 2. The number of rotatable bonds is 42. The van der Waals surface area contributed by atoms with Crippen molar-refractivity contribution in [2.45, 2.75) is 232 Å². The van der Waals surface area contributed by atoms with Crippen LogP contribution < -0.4 is 5.32 Å². The molecule has 0 fully saturated rings. The van der Waals surface area contributed by atoms with E-state index in [1.165, 1.54) is 161 Å². The molecule has 0 saturated heterocycles. The van der Waals surface area contributed by atoms with Gasteiger partial charge in [-0.25, -0.2) is 4.57 Å². The van der Waals surface area contributed by atoms with Gasteiger partial charge in [-0.3, -0.25) is 18.6 Å². The molecule has 0 bridgehead atoms. The number of hydrogen-bond acceptors (Lipinski definition) is 7. The van der Waals surface area contributed by atoms with Gasteiger partial charge in [0.15, 0.2) is 0 Å². The highest BCUT2D eigenvalue weighted by Gasteiger charge is 2.23. The Bertz CT molecular complexity index is 830. The highest BCUT2D eigenvalue weighted by atomic mass is 31.2. The topological polar surface area (TPSA) is 131 Å². The van der Waals surface area contributed by atoms with Gasteiger partial charge in [0, 0.05) is 19.4 Å². The Balaban J connectivity index is 3.49. The molecule has 0 aliphatic heterocycles. The third-order valence-electron chi connectivity index (χ3n) is 9.79. The zero-order valence-corrected chi connectivity index (χ0v) is 34.9. The lowest BCUT2D eigenvalue weighted by Gasteiger charge is -2.15. The lowest BCUT2D eigenvalue weighted by atomic mass is 10.0. The van der Waals surface area contributed by atoms with Gasteiger partial charge in [-0.05, 0) is 12.8 Å². The maximum Gasteiger partial charge on any atom is 0.472 e. The molecule has 1 amide bonds. The Kier molecular flexibility index (Phi) is 38.9. The first-order chi connectivity index (χ1) is 25.3. The molecule has 0 heterocycles. The molecule has 2 atom stereocenters. The van der Waals surface area contributed by atoms with Crippen LogP contribution in [-0.4, -0.2) is 54.3 Å². The van der Waals surface area contributed by atoms with Crippen molar-refractivity contribution in [3.05, 3.63) is 0 Å². The number of phosphoric acid groups is 1. The minimum Gasteiger partial charge on any atom is -0.463 e. The number of unbranched alkanes of at least 4 members (excludes halogenated alkanes) is 29. The van der Waals surface area contributed by atoms with Crippen molar-refractivity contribution in [1.82, 2.24) is 5.32 Å². The van der Waals surface area contributed by atoms with Crippen LogP contribution in [0.15, 0.2) is 0 Å². The Morgan fingerprint density at radius 1 is 0.519 bits per heavy atom. The van der Waals surface area contributed by atoms with Crippen LogP contribution in [0.4, 0.5) is 0 Å². The summed E-state index contributed by atoms with van der Waals surface area (Å²) in [5.41, 5.74) is 0. The van der Waals surface area contributed by atoms with Crippen molar-refractivity contribution in [2.24, 2.45) is 0 Å². The molecule has 0 aliphatic rings. The summed E-state index contributed by atoms with van der Waals surface area (Å²) in [5.74, 6) is -0.509. The van der Waals surface area contributed by atoms with Gasteiger partial charge >= 0.3 is 13.8 Å². The van der Waals surface area contributed by atoms with Gasteiger partial charge in [0.05, 0.1) is 13.2 Å². The van der Waals surface area contributed by atoms with E-state index in [0.29, 0.717) is 12.8 Å². The molecule has 9 nitrogen and oxygen atoms in total. The van der Waals surface area contributed by atoms with E-state index in [0.717, 1.165) is 38.5 Å². The molecule has 0 spiro atoms. The summed E-state index contributed by atoms with van der Waals surface area (Å²) in [6.07, 6.45) is 39.2. The SMILES string of the molecule is CCCCCCCCCCCCCCCCCCCCCCCCCC(=O)OCC(O)COP(=O)(O)OCCNC(=O)CCCCCCCCCC. The lowest BCUT2D eigenvalue weighted by Crippen LogP contribution is -2.27. The molecule has 310 valence electrons. The van der Waals surface area contributed by atoms with Gasteiger partial charge in [-0.1, -0.05) is 200 Å². The van der Waals surface area contributed by atoms with Crippen LogP contribution in [0.3, 0.4) is 0 Å². The second-order valence-electron chi connectivity index (χ2n) is 15.0. The molecule has 0 aromatic carbocycles. The maximum absolute atomic E-state index is 12.0. The first-order valence-corrected chi connectivity index (χ1v) is 23.5. The van der Waals surface area contributed by atoms with Crippen LogP contribution in [0.25, 0.3) is 0 Å². The summed E-state index contributed by atoms with van der Waals surface area (Å²) in [6, 6.07) is 0. The van der Waals surface area contributed by atoms with E-state index in [4.69, 9.17) is 13.8 Å². The fraction of sp³-hybridized carbons (Fsp3) is 0.952. The standard InChI is InChI=1S/C42H84NO8P/c1-3-5-7-9-11-13-14-15-16-17-18-19-20-21-22-23-24-25-26-27-29-31-33-35-42(46)49-38-40(44)39-51-52(47,48)50-37-36-43-41(45)34-32-30-28-12-10-8-6-4-2/h40,44H,3-39H2,1-2H3,(H,43,45)(H,47,48). The van der Waals surface area contributed by atoms with E-state index in [2.05, 4.69) is 19.2 Å². The zero-order valence-electron chi connectivity index (χ0n) is 34.0. The van der Waals surface area contributed by atoms with Crippen LogP contribution in [0, 0.1) is 0 Å². The Labute approximate surface area is 320 Å². The van der Waals surface area contributed by atoms with Gasteiger partial charge < -0.3 is 20.1 Å². The van der Waals surface area contributed by atoms with Crippen LogP contribution in [0.5, 0.6) is 0 Å². The first kappa shape index (κ1) is 51.0. The van der Waals surface area contributed by atoms with Crippen molar-refractivity contribution in [3.63, 3.8) is 0 Å². The molecule has 3 N–H and O–H groups in total. The number of aliphatic hydroxyl groups is 1. The van der Waals surface area contributed by atoms with Crippen LogP contribution in [-0.2, 0) is 27.9 Å². The molecular formula is C42H84NO8P. The third-order valence-corrected chi connectivity index (χ3v) is 10.8. The minimum atomic E-state index is -4.40. The minimum absolute atomic E-state index is 0.0868. The Morgan fingerprint density at radius 2 is 0.865 bits per heavy atom. The largest absolute Gasteiger partial charge is 0.472 e. The number of carbonyl (C=O) groups excluding carboxylic acids is 2. The van der Waals surface area contributed by atoms with Crippen molar-refractivity contribution in [1.29, 1.82) is 0 Å². The summed E-state index contributed by atoms with van der Waals surface area (Å²) >= 11 is 0. The molecule has 52 heavy (non-hydrogen) atoms. The molecule has 0 aromatic heterocycles. The molecular weight excluding hydrogens is 677 g/mol. The number of ether oxygens (including phenoxy) is 1. The summed E-state index contributed by atoms with van der Waals surface area (Å²) < 4.78 is 26.8. The highest BCUT2D eigenvalue weighted by molar-refractivity contribution is 7.47. The highest BCUT2D eigenvalue weighted by Crippen LogP contribution is 2.42. The molecule has 0 saturated carbocycles. The molecule has 0 aliphatic carbocycles.